The van der Waals surface area contributed by atoms with Gasteiger partial charge in [-0.1, -0.05) is 11.6 Å². The number of piperidine rings is 1. The molecule has 22 heavy (non-hydrogen) atoms. The molecule has 4 nitrogen and oxygen atoms in total. The summed E-state index contributed by atoms with van der Waals surface area (Å²) in [5.41, 5.74) is 2.06. The van der Waals surface area contributed by atoms with Crippen LogP contribution in [0.1, 0.15) is 6.42 Å². The number of likely N-dealkylation sites (tertiary alicyclic amines) is 1. The molecule has 2 aromatic rings. The standard InChI is InChI=1S/C17H18ClN3O/c1-20-7-5-11-9-21(10-14(11)17(20)22)16-4-6-19-15-8-12(18)2-3-13(15)16/h2-4,6,8,11,14H,5,7,9-10H2,1H3/t11-,14+/m1/s1. The number of halogens is 1. The van der Waals surface area contributed by atoms with Gasteiger partial charge in [-0.05, 0) is 36.6 Å². The first kappa shape index (κ1) is 13.8. The highest BCUT2D eigenvalue weighted by atomic mass is 35.5. The van der Waals surface area contributed by atoms with Crippen molar-refractivity contribution < 1.29 is 4.79 Å². The van der Waals surface area contributed by atoms with Crippen LogP contribution in [0, 0.1) is 11.8 Å². The zero-order chi connectivity index (χ0) is 15.3. The topological polar surface area (TPSA) is 36.4 Å². The monoisotopic (exact) mass is 315 g/mol. The van der Waals surface area contributed by atoms with Gasteiger partial charge in [0.15, 0.2) is 0 Å². The smallest absolute Gasteiger partial charge is 0.227 e. The van der Waals surface area contributed by atoms with E-state index in [0.29, 0.717) is 16.8 Å². The van der Waals surface area contributed by atoms with E-state index in [4.69, 9.17) is 11.6 Å². The van der Waals surface area contributed by atoms with Gasteiger partial charge in [-0.2, -0.15) is 0 Å². The minimum Gasteiger partial charge on any atom is -0.370 e. The summed E-state index contributed by atoms with van der Waals surface area (Å²) >= 11 is 6.06. The van der Waals surface area contributed by atoms with Gasteiger partial charge in [0.2, 0.25) is 5.91 Å². The molecule has 2 aliphatic rings. The molecular weight excluding hydrogens is 298 g/mol. The number of hydrogen-bond donors (Lipinski definition) is 0. The predicted molar refractivity (Wildman–Crippen MR) is 88.2 cm³/mol. The number of aromatic nitrogens is 1. The lowest BCUT2D eigenvalue weighted by Crippen LogP contribution is -2.42. The van der Waals surface area contributed by atoms with Crippen LogP contribution < -0.4 is 4.90 Å². The van der Waals surface area contributed by atoms with Crippen molar-refractivity contribution in [2.75, 3.05) is 31.6 Å². The average Bonchev–Trinajstić information content (AvgIpc) is 2.95. The van der Waals surface area contributed by atoms with E-state index >= 15 is 0 Å². The molecule has 4 rings (SSSR count). The molecule has 1 aromatic heterocycles. The summed E-state index contributed by atoms with van der Waals surface area (Å²) in [6.07, 6.45) is 2.92. The number of anilines is 1. The first-order valence-electron chi connectivity index (χ1n) is 7.67. The normalized spacial score (nSPS) is 24.9. The second-order valence-corrected chi connectivity index (χ2v) is 6.75. The van der Waals surface area contributed by atoms with Gasteiger partial charge in [0.1, 0.15) is 0 Å². The molecule has 0 aliphatic carbocycles. The van der Waals surface area contributed by atoms with E-state index in [0.717, 1.165) is 42.6 Å². The molecule has 114 valence electrons. The van der Waals surface area contributed by atoms with E-state index < -0.39 is 0 Å². The molecule has 2 aliphatic heterocycles. The summed E-state index contributed by atoms with van der Waals surface area (Å²) in [5, 5.41) is 1.80. The summed E-state index contributed by atoms with van der Waals surface area (Å²) < 4.78 is 0. The van der Waals surface area contributed by atoms with Crippen LogP contribution >= 0.6 is 11.6 Å². The number of carbonyl (C=O) groups is 1. The highest BCUT2D eigenvalue weighted by molar-refractivity contribution is 6.31. The number of benzene rings is 1. The van der Waals surface area contributed by atoms with Crippen LogP contribution in [0.3, 0.4) is 0 Å². The van der Waals surface area contributed by atoms with Gasteiger partial charge in [-0.15, -0.1) is 0 Å². The first-order valence-corrected chi connectivity index (χ1v) is 8.05. The largest absolute Gasteiger partial charge is 0.370 e. The number of carbonyl (C=O) groups excluding carboxylic acids is 1. The van der Waals surface area contributed by atoms with Gasteiger partial charge in [-0.25, -0.2) is 0 Å². The number of hydrogen-bond acceptors (Lipinski definition) is 3. The van der Waals surface area contributed by atoms with Crippen molar-refractivity contribution in [3.05, 3.63) is 35.5 Å². The third-order valence-electron chi connectivity index (χ3n) is 4.99. The third kappa shape index (κ3) is 2.13. The molecule has 3 heterocycles. The van der Waals surface area contributed by atoms with Crippen LogP contribution in [0.5, 0.6) is 0 Å². The lowest BCUT2D eigenvalue weighted by atomic mass is 9.88. The number of nitrogens with zero attached hydrogens (tertiary/aromatic N) is 3. The van der Waals surface area contributed by atoms with E-state index in [-0.39, 0.29) is 5.92 Å². The summed E-state index contributed by atoms with van der Waals surface area (Å²) in [5.74, 6) is 0.897. The third-order valence-corrected chi connectivity index (χ3v) is 5.23. The maximum atomic E-state index is 12.4. The Morgan fingerprint density at radius 2 is 2.14 bits per heavy atom. The Labute approximate surface area is 134 Å². The van der Waals surface area contributed by atoms with Crippen molar-refractivity contribution in [2.45, 2.75) is 6.42 Å². The van der Waals surface area contributed by atoms with Crippen molar-refractivity contribution in [1.29, 1.82) is 0 Å². The van der Waals surface area contributed by atoms with Gasteiger partial charge in [0, 0.05) is 49.0 Å². The molecule has 5 heteroatoms. The molecule has 0 N–H and O–H groups in total. The van der Waals surface area contributed by atoms with E-state index in [1.54, 1.807) is 0 Å². The quantitative estimate of drug-likeness (QED) is 0.812. The lowest BCUT2D eigenvalue weighted by molar-refractivity contribution is -0.137. The van der Waals surface area contributed by atoms with Gasteiger partial charge >= 0.3 is 0 Å². The van der Waals surface area contributed by atoms with Crippen molar-refractivity contribution >= 4 is 34.1 Å². The fourth-order valence-corrected chi connectivity index (χ4v) is 3.94. The Balaban J connectivity index is 1.70. The van der Waals surface area contributed by atoms with Crippen molar-refractivity contribution in [3.63, 3.8) is 0 Å². The van der Waals surface area contributed by atoms with Crippen LogP contribution in [0.2, 0.25) is 5.02 Å². The second-order valence-electron chi connectivity index (χ2n) is 6.31. The van der Waals surface area contributed by atoms with Gasteiger partial charge in [0.05, 0.1) is 11.4 Å². The summed E-state index contributed by atoms with van der Waals surface area (Å²) in [4.78, 5) is 21.0. The zero-order valence-electron chi connectivity index (χ0n) is 12.5. The molecule has 1 amide bonds. The fourth-order valence-electron chi connectivity index (χ4n) is 3.77. The number of amides is 1. The van der Waals surface area contributed by atoms with Gasteiger partial charge in [0.25, 0.3) is 0 Å². The molecule has 0 spiro atoms. The summed E-state index contributed by atoms with van der Waals surface area (Å²) in [6, 6.07) is 7.86. The molecule has 1 aromatic carbocycles. The van der Waals surface area contributed by atoms with Crippen LogP contribution in [0.25, 0.3) is 10.9 Å². The number of pyridine rings is 1. The number of rotatable bonds is 1. The van der Waals surface area contributed by atoms with Gasteiger partial charge in [-0.3, -0.25) is 9.78 Å². The van der Waals surface area contributed by atoms with Crippen LogP contribution in [0.15, 0.2) is 30.5 Å². The van der Waals surface area contributed by atoms with Gasteiger partial charge < -0.3 is 9.80 Å². The maximum absolute atomic E-state index is 12.4. The van der Waals surface area contributed by atoms with E-state index in [2.05, 4.69) is 9.88 Å². The van der Waals surface area contributed by atoms with E-state index in [9.17, 15) is 4.79 Å². The highest BCUT2D eigenvalue weighted by Crippen LogP contribution is 2.37. The molecule has 2 fully saturated rings. The van der Waals surface area contributed by atoms with Crippen LogP contribution in [-0.4, -0.2) is 42.5 Å². The van der Waals surface area contributed by atoms with E-state index in [1.165, 1.54) is 0 Å². The van der Waals surface area contributed by atoms with Crippen LogP contribution in [0.4, 0.5) is 5.69 Å². The lowest BCUT2D eigenvalue weighted by Gasteiger charge is -2.30. The highest BCUT2D eigenvalue weighted by Gasteiger charge is 2.42. The summed E-state index contributed by atoms with van der Waals surface area (Å²) in [6.45, 7) is 2.63. The molecular formula is C17H18ClN3O. The van der Waals surface area contributed by atoms with Crippen molar-refractivity contribution in [3.8, 4) is 0 Å². The Morgan fingerprint density at radius 3 is 3.00 bits per heavy atom. The first-order chi connectivity index (χ1) is 10.6. The zero-order valence-corrected chi connectivity index (χ0v) is 13.3. The van der Waals surface area contributed by atoms with Crippen molar-refractivity contribution in [2.24, 2.45) is 11.8 Å². The van der Waals surface area contributed by atoms with Crippen LogP contribution in [-0.2, 0) is 4.79 Å². The SMILES string of the molecule is CN1CC[C@@H]2CN(c3ccnc4cc(Cl)ccc34)C[C@@H]2C1=O. The maximum Gasteiger partial charge on any atom is 0.227 e. The molecule has 2 atom stereocenters. The summed E-state index contributed by atoms with van der Waals surface area (Å²) in [7, 11) is 1.91. The Kier molecular flexibility index (Phi) is 3.22. The Bertz CT molecular complexity index is 748. The number of fused-ring (bicyclic) bond motifs is 2. The molecule has 2 saturated heterocycles. The Hall–Kier alpha value is -1.81. The second kappa shape index (κ2) is 5.13. The minimum absolute atomic E-state index is 0.134. The molecule has 0 saturated carbocycles. The molecule has 0 unspecified atom stereocenters. The molecule has 0 bridgehead atoms. The Morgan fingerprint density at radius 1 is 1.27 bits per heavy atom. The van der Waals surface area contributed by atoms with Crippen molar-refractivity contribution in [1.82, 2.24) is 9.88 Å². The minimum atomic E-state index is 0.134. The van der Waals surface area contributed by atoms with E-state index in [1.807, 2.05) is 42.4 Å². The predicted octanol–water partition coefficient (Wildman–Crippen LogP) is 2.80. The average molecular weight is 316 g/mol. The fraction of sp³-hybridized carbons (Fsp3) is 0.412. The molecule has 0 radical (unpaired) electrons.